The molecule has 3 rings (SSSR count). The molecule has 0 aliphatic heterocycles. The smallest absolute Gasteiger partial charge is 0.408 e. The summed E-state index contributed by atoms with van der Waals surface area (Å²) >= 11 is 0. The van der Waals surface area contributed by atoms with Crippen LogP contribution in [0.15, 0.2) is 34.9 Å². The summed E-state index contributed by atoms with van der Waals surface area (Å²) in [6.45, 7) is 8.93. The standard InChI is InChI=1S/C20H27N5O3/c1-19(2,3)28-18(26)23-20(4,5)17-25-24-16(27-17)14(21)10-12-11-22-15-9-7-6-8-13(12)15/h6-9,11,14,22H,10,21H2,1-5H3,(H,23,26). The third-order valence-electron chi connectivity index (χ3n) is 4.22. The number of nitrogens with zero attached hydrogens (tertiary/aromatic N) is 2. The molecule has 0 saturated carbocycles. The van der Waals surface area contributed by atoms with Gasteiger partial charge in [0.1, 0.15) is 11.1 Å². The molecule has 2 heterocycles. The third kappa shape index (κ3) is 4.51. The summed E-state index contributed by atoms with van der Waals surface area (Å²) < 4.78 is 11.1. The Hall–Kier alpha value is -2.87. The van der Waals surface area contributed by atoms with Gasteiger partial charge in [0.2, 0.25) is 11.8 Å². The largest absolute Gasteiger partial charge is 0.444 e. The number of H-pyrrole nitrogens is 1. The number of hydrogen-bond acceptors (Lipinski definition) is 6. The van der Waals surface area contributed by atoms with Gasteiger partial charge in [0.15, 0.2) is 0 Å². The predicted molar refractivity (Wildman–Crippen MR) is 106 cm³/mol. The van der Waals surface area contributed by atoms with Crippen LogP contribution in [0.2, 0.25) is 0 Å². The molecule has 150 valence electrons. The Morgan fingerprint density at radius 2 is 1.96 bits per heavy atom. The van der Waals surface area contributed by atoms with Crippen LogP contribution in [0.1, 0.15) is 58.0 Å². The molecule has 8 heteroatoms. The highest BCUT2D eigenvalue weighted by molar-refractivity contribution is 5.83. The summed E-state index contributed by atoms with van der Waals surface area (Å²) in [7, 11) is 0. The second-order valence-corrected chi connectivity index (χ2v) is 8.37. The summed E-state index contributed by atoms with van der Waals surface area (Å²) in [6.07, 6.45) is 1.93. The normalized spacial score (nSPS) is 13.5. The fourth-order valence-electron chi connectivity index (χ4n) is 2.87. The Bertz CT molecular complexity index is 968. The van der Waals surface area contributed by atoms with Crippen molar-refractivity contribution in [3.8, 4) is 0 Å². The topological polar surface area (TPSA) is 119 Å². The monoisotopic (exact) mass is 385 g/mol. The van der Waals surface area contributed by atoms with Crippen molar-refractivity contribution in [1.82, 2.24) is 20.5 Å². The number of nitrogens with one attached hydrogen (secondary N) is 2. The number of carbonyl (C=O) groups excluding carboxylic acids is 1. The van der Waals surface area contributed by atoms with Crippen LogP contribution in [0.25, 0.3) is 10.9 Å². The van der Waals surface area contributed by atoms with Crippen molar-refractivity contribution in [1.29, 1.82) is 0 Å². The highest BCUT2D eigenvalue weighted by Gasteiger charge is 2.32. The molecular weight excluding hydrogens is 358 g/mol. The van der Waals surface area contributed by atoms with E-state index in [1.807, 2.05) is 30.5 Å². The van der Waals surface area contributed by atoms with Gasteiger partial charge in [-0.1, -0.05) is 18.2 Å². The lowest BCUT2D eigenvalue weighted by Crippen LogP contribution is -2.44. The minimum atomic E-state index is -0.895. The summed E-state index contributed by atoms with van der Waals surface area (Å²) in [5.74, 6) is 0.585. The Labute approximate surface area is 163 Å². The number of fused-ring (bicyclic) bond motifs is 1. The van der Waals surface area contributed by atoms with Crippen molar-refractivity contribution in [3.63, 3.8) is 0 Å². The molecule has 0 aliphatic carbocycles. The first-order chi connectivity index (χ1) is 13.0. The van der Waals surface area contributed by atoms with Gasteiger partial charge in [0, 0.05) is 17.1 Å². The van der Waals surface area contributed by atoms with Crippen LogP contribution in [0.5, 0.6) is 0 Å². The van der Waals surface area contributed by atoms with Gasteiger partial charge < -0.3 is 25.2 Å². The molecule has 8 nitrogen and oxygen atoms in total. The van der Waals surface area contributed by atoms with Crippen molar-refractivity contribution in [3.05, 3.63) is 47.8 Å². The van der Waals surface area contributed by atoms with Crippen LogP contribution in [0, 0.1) is 0 Å². The number of rotatable bonds is 5. The number of amides is 1. The van der Waals surface area contributed by atoms with Gasteiger partial charge in [0.25, 0.3) is 0 Å². The number of carbonyl (C=O) groups is 1. The maximum atomic E-state index is 12.1. The van der Waals surface area contributed by atoms with E-state index >= 15 is 0 Å². The molecule has 0 saturated heterocycles. The van der Waals surface area contributed by atoms with Crippen molar-refractivity contribution in [2.45, 2.75) is 58.2 Å². The number of benzene rings is 1. The zero-order valence-corrected chi connectivity index (χ0v) is 16.9. The van der Waals surface area contributed by atoms with Crippen molar-refractivity contribution in [2.75, 3.05) is 0 Å². The number of aromatic nitrogens is 3. The quantitative estimate of drug-likeness (QED) is 0.618. The Morgan fingerprint density at radius 3 is 2.68 bits per heavy atom. The summed E-state index contributed by atoms with van der Waals surface area (Å²) in [5, 5.41) is 12.0. The zero-order chi connectivity index (χ0) is 20.5. The lowest BCUT2D eigenvalue weighted by atomic mass is 10.1. The SMILES string of the molecule is CC(C)(C)OC(=O)NC(C)(C)c1nnc(C(N)Cc2c[nH]c3ccccc23)o1. The maximum absolute atomic E-state index is 12.1. The highest BCUT2D eigenvalue weighted by atomic mass is 16.6. The van der Waals surface area contributed by atoms with E-state index in [1.165, 1.54) is 0 Å². The first-order valence-electron chi connectivity index (χ1n) is 9.21. The second-order valence-electron chi connectivity index (χ2n) is 8.37. The fourth-order valence-corrected chi connectivity index (χ4v) is 2.87. The van der Waals surface area contributed by atoms with Crippen molar-refractivity contribution >= 4 is 17.0 Å². The summed E-state index contributed by atoms with van der Waals surface area (Å²) in [6, 6.07) is 7.56. The molecule has 2 aromatic heterocycles. The number of nitrogens with two attached hydrogens (primary N) is 1. The molecular formula is C20H27N5O3. The molecule has 1 atom stereocenters. The van der Waals surface area contributed by atoms with Gasteiger partial charge in [-0.15, -0.1) is 10.2 Å². The van der Waals surface area contributed by atoms with Gasteiger partial charge in [-0.3, -0.25) is 0 Å². The molecule has 3 aromatic rings. The number of ether oxygens (including phenoxy) is 1. The van der Waals surface area contributed by atoms with E-state index in [0.717, 1.165) is 16.5 Å². The fraction of sp³-hybridized carbons (Fsp3) is 0.450. The molecule has 0 aliphatic rings. The van der Waals surface area contributed by atoms with Crippen LogP contribution in [0.3, 0.4) is 0 Å². The molecule has 28 heavy (non-hydrogen) atoms. The Balaban J connectivity index is 1.71. The molecule has 0 bridgehead atoms. The third-order valence-corrected chi connectivity index (χ3v) is 4.22. The molecule has 0 fully saturated rings. The summed E-state index contributed by atoms with van der Waals surface area (Å²) in [4.78, 5) is 15.3. The first-order valence-corrected chi connectivity index (χ1v) is 9.21. The highest BCUT2D eigenvalue weighted by Crippen LogP contribution is 2.25. The van der Waals surface area contributed by atoms with E-state index in [4.69, 9.17) is 14.9 Å². The molecule has 1 aromatic carbocycles. The average Bonchev–Trinajstić information content (AvgIpc) is 3.20. The molecule has 4 N–H and O–H groups in total. The van der Waals surface area contributed by atoms with Crippen molar-refractivity contribution in [2.24, 2.45) is 5.73 Å². The average molecular weight is 385 g/mol. The van der Waals surface area contributed by atoms with E-state index in [1.54, 1.807) is 34.6 Å². The van der Waals surface area contributed by atoms with Crippen LogP contribution in [0.4, 0.5) is 4.79 Å². The van der Waals surface area contributed by atoms with Gasteiger partial charge in [-0.05, 0) is 52.7 Å². The van der Waals surface area contributed by atoms with E-state index in [9.17, 15) is 4.79 Å². The van der Waals surface area contributed by atoms with Crippen LogP contribution < -0.4 is 11.1 Å². The van der Waals surface area contributed by atoms with Crippen LogP contribution in [-0.2, 0) is 16.7 Å². The van der Waals surface area contributed by atoms with Crippen molar-refractivity contribution < 1.29 is 13.9 Å². The van der Waals surface area contributed by atoms with Gasteiger partial charge >= 0.3 is 6.09 Å². The zero-order valence-electron chi connectivity index (χ0n) is 16.9. The predicted octanol–water partition coefficient (Wildman–Crippen LogP) is 3.55. The number of para-hydroxylation sites is 1. The van der Waals surface area contributed by atoms with Gasteiger partial charge in [0.05, 0.1) is 6.04 Å². The number of aromatic amines is 1. The lowest BCUT2D eigenvalue weighted by Gasteiger charge is -2.25. The van der Waals surface area contributed by atoms with E-state index in [-0.39, 0.29) is 5.89 Å². The molecule has 1 unspecified atom stereocenters. The molecule has 0 radical (unpaired) electrons. The summed E-state index contributed by atoms with van der Waals surface area (Å²) in [5.41, 5.74) is 6.94. The van der Waals surface area contributed by atoms with Crippen LogP contribution >= 0.6 is 0 Å². The number of hydrogen-bond donors (Lipinski definition) is 3. The van der Waals surface area contributed by atoms with E-state index < -0.39 is 23.3 Å². The first kappa shape index (κ1) is 19.9. The Kier molecular flexibility index (Phi) is 5.16. The Morgan fingerprint density at radius 1 is 1.25 bits per heavy atom. The van der Waals surface area contributed by atoms with Gasteiger partial charge in [-0.2, -0.15) is 0 Å². The van der Waals surface area contributed by atoms with Gasteiger partial charge in [-0.25, -0.2) is 4.79 Å². The minimum Gasteiger partial charge on any atom is -0.444 e. The second kappa shape index (κ2) is 7.27. The van der Waals surface area contributed by atoms with Crippen LogP contribution in [-0.4, -0.2) is 26.9 Å². The minimum absolute atomic E-state index is 0.266. The van der Waals surface area contributed by atoms with E-state index in [0.29, 0.717) is 12.3 Å². The lowest BCUT2D eigenvalue weighted by molar-refractivity contribution is 0.0454. The van der Waals surface area contributed by atoms with E-state index in [2.05, 4.69) is 20.5 Å². The number of alkyl carbamates (subject to hydrolysis) is 1. The molecule has 0 spiro atoms. The molecule has 1 amide bonds. The maximum Gasteiger partial charge on any atom is 0.408 e.